The number of fused-ring (bicyclic) bond motifs is 7. The summed E-state index contributed by atoms with van der Waals surface area (Å²) in [5, 5.41) is 2.50. The van der Waals surface area contributed by atoms with Crippen LogP contribution in [0.4, 0.5) is 17.1 Å². The molecule has 1 heteroatoms. The molecule has 0 aromatic heterocycles. The predicted molar refractivity (Wildman–Crippen MR) is 355 cm³/mol. The number of anilines is 3. The molecule has 0 aliphatic heterocycles. The van der Waals surface area contributed by atoms with Gasteiger partial charge in [-0.25, -0.2) is 0 Å². The van der Waals surface area contributed by atoms with Crippen molar-refractivity contribution in [2.45, 2.75) is 10.8 Å². The highest BCUT2D eigenvalue weighted by atomic mass is 15.1. The third-order valence-electron chi connectivity index (χ3n) is 18.2. The van der Waals surface area contributed by atoms with Crippen LogP contribution in [-0.4, -0.2) is 0 Å². The number of hydrogen-bond acceptors (Lipinski definition) is 1. The highest BCUT2D eigenvalue weighted by molar-refractivity contribution is 5.93. The molecule has 0 bridgehead atoms. The molecule has 0 amide bonds. The fraction of sp³-hybridized carbons (Fsp3) is 0.0238. The molecule has 0 unspecified atom stereocenters. The second-order valence-electron chi connectivity index (χ2n) is 22.7. The molecule has 0 heterocycles. The Morgan fingerprint density at radius 1 is 0.176 bits per heavy atom. The standard InChI is InChI=1S/C84H57N/c1-5-27-68(28-6-1)83(69-29-7-2-8-30-69)79-37-17-15-35-75(79)77-51-45-67(56-81(77)83)60-43-48-73(49-44-60)85(74-50-52-78-76-36-16-18-38-80(76)84(82(78)57-74,70-31-9-3-10-32-70)71-33-11-4-12-34-71)72-46-41-59(42-47-72)62-23-19-24-63(53-62)64-25-20-26-65(55-64)66-40-39-58-21-13-14-22-61(58)54-66/h1-57H. The van der Waals surface area contributed by atoms with Gasteiger partial charge in [0.15, 0.2) is 0 Å². The van der Waals surface area contributed by atoms with E-state index in [0.717, 1.165) is 28.2 Å². The van der Waals surface area contributed by atoms with Crippen LogP contribution in [0.2, 0.25) is 0 Å². The molecule has 16 rings (SSSR count). The van der Waals surface area contributed by atoms with Crippen molar-refractivity contribution < 1.29 is 0 Å². The van der Waals surface area contributed by atoms with Crippen LogP contribution in [0.15, 0.2) is 346 Å². The molecule has 0 radical (unpaired) electrons. The molecule has 2 aliphatic rings. The van der Waals surface area contributed by atoms with Crippen LogP contribution in [0.5, 0.6) is 0 Å². The Bertz CT molecular complexity index is 4720. The molecule has 14 aromatic rings. The second-order valence-corrected chi connectivity index (χ2v) is 22.7. The topological polar surface area (TPSA) is 3.24 Å². The van der Waals surface area contributed by atoms with Crippen LogP contribution in [0.25, 0.3) is 77.5 Å². The van der Waals surface area contributed by atoms with E-state index in [1.54, 1.807) is 0 Å². The van der Waals surface area contributed by atoms with Crippen molar-refractivity contribution in [1.29, 1.82) is 0 Å². The second kappa shape index (κ2) is 20.5. The summed E-state index contributed by atoms with van der Waals surface area (Å²) in [4.78, 5) is 2.45. The van der Waals surface area contributed by atoms with Crippen molar-refractivity contribution in [3.8, 4) is 66.8 Å². The quantitative estimate of drug-likeness (QED) is 0.125. The van der Waals surface area contributed by atoms with Crippen molar-refractivity contribution >= 4 is 27.8 Å². The van der Waals surface area contributed by atoms with Gasteiger partial charge in [-0.2, -0.15) is 0 Å². The zero-order valence-electron chi connectivity index (χ0n) is 46.9. The van der Waals surface area contributed by atoms with E-state index in [2.05, 4.69) is 351 Å². The lowest BCUT2D eigenvalue weighted by Crippen LogP contribution is -2.28. The third-order valence-corrected chi connectivity index (χ3v) is 18.2. The van der Waals surface area contributed by atoms with Gasteiger partial charge >= 0.3 is 0 Å². The Balaban J connectivity index is 0.818. The molecular formula is C84H57N. The van der Waals surface area contributed by atoms with Gasteiger partial charge in [-0.15, -0.1) is 0 Å². The Hall–Kier alpha value is -10.9. The average Bonchev–Trinajstić information content (AvgIpc) is 1.65. The van der Waals surface area contributed by atoms with E-state index in [1.165, 1.54) is 111 Å². The minimum Gasteiger partial charge on any atom is -0.310 e. The molecule has 2 aliphatic carbocycles. The first-order valence-corrected chi connectivity index (χ1v) is 29.5. The van der Waals surface area contributed by atoms with Crippen molar-refractivity contribution in [3.05, 3.63) is 390 Å². The van der Waals surface area contributed by atoms with E-state index in [9.17, 15) is 0 Å². The fourth-order valence-electron chi connectivity index (χ4n) is 14.4. The highest BCUT2D eigenvalue weighted by Gasteiger charge is 2.47. The van der Waals surface area contributed by atoms with Crippen LogP contribution < -0.4 is 4.90 Å². The van der Waals surface area contributed by atoms with Crippen molar-refractivity contribution in [2.75, 3.05) is 4.90 Å². The number of hydrogen-bond donors (Lipinski definition) is 0. The highest BCUT2D eigenvalue weighted by Crippen LogP contribution is 2.59. The zero-order chi connectivity index (χ0) is 56.3. The summed E-state index contributed by atoms with van der Waals surface area (Å²) in [6.45, 7) is 0. The Kier molecular flexibility index (Phi) is 12.1. The van der Waals surface area contributed by atoms with Gasteiger partial charge in [0, 0.05) is 17.1 Å². The molecule has 0 atom stereocenters. The van der Waals surface area contributed by atoms with Gasteiger partial charge in [0.25, 0.3) is 0 Å². The van der Waals surface area contributed by atoms with Crippen molar-refractivity contribution in [3.63, 3.8) is 0 Å². The molecule has 398 valence electrons. The number of rotatable bonds is 11. The smallest absolute Gasteiger partial charge is 0.0714 e. The monoisotopic (exact) mass is 1080 g/mol. The molecule has 14 aromatic carbocycles. The van der Waals surface area contributed by atoms with Gasteiger partial charge in [0.1, 0.15) is 0 Å². The third kappa shape index (κ3) is 8.15. The summed E-state index contributed by atoms with van der Waals surface area (Å²) in [6.07, 6.45) is 0. The molecular weight excluding hydrogens is 1020 g/mol. The molecule has 0 spiro atoms. The lowest BCUT2D eigenvalue weighted by atomic mass is 9.67. The zero-order valence-corrected chi connectivity index (χ0v) is 46.9. The number of benzene rings is 14. The van der Waals surface area contributed by atoms with Gasteiger partial charge in [0.05, 0.1) is 10.8 Å². The van der Waals surface area contributed by atoms with Gasteiger partial charge in [0.2, 0.25) is 0 Å². The number of nitrogens with zero attached hydrogens (tertiary/aromatic N) is 1. The van der Waals surface area contributed by atoms with Crippen LogP contribution in [0, 0.1) is 0 Å². The fourth-order valence-corrected chi connectivity index (χ4v) is 14.4. The van der Waals surface area contributed by atoms with Gasteiger partial charge < -0.3 is 4.90 Å². The van der Waals surface area contributed by atoms with Gasteiger partial charge in [-0.3, -0.25) is 0 Å². The first-order chi connectivity index (χ1) is 42.1. The first kappa shape index (κ1) is 49.9. The maximum absolute atomic E-state index is 2.47. The molecule has 1 nitrogen and oxygen atoms in total. The lowest BCUT2D eigenvalue weighted by Gasteiger charge is -2.35. The minimum absolute atomic E-state index is 0.486. The Morgan fingerprint density at radius 3 is 0.988 bits per heavy atom. The van der Waals surface area contributed by atoms with Gasteiger partial charge in [-0.1, -0.05) is 285 Å². The Labute approximate surface area is 497 Å². The summed E-state index contributed by atoms with van der Waals surface area (Å²) in [7, 11) is 0. The summed E-state index contributed by atoms with van der Waals surface area (Å²) >= 11 is 0. The normalized spacial score (nSPS) is 13.1. The van der Waals surface area contributed by atoms with Crippen molar-refractivity contribution in [1.82, 2.24) is 0 Å². The molecule has 85 heavy (non-hydrogen) atoms. The summed E-state index contributed by atoms with van der Waals surface area (Å²) in [6, 6.07) is 128. The van der Waals surface area contributed by atoms with E-state index < -0.39 is 10.8 Å². The van der Waals surface area contributed by atoms with Crippen LogP contribution in [-0.2, 0) is 10.8 Å². The molecule has 0 saturated heterocycles. The van der Waals surface area contributed by atoms with Crippen LogP contribution in [0.3, 0.4) is 0 Å². The maximum Gasteiger partial charge on any atom is 0.0714 e. The van der Waals surface area contributed by atoms with E-state index in [-0.39, 0.29) is 0 Å². The molecule has 0 saturated carbocycles. The van der Waals surface area contributed by atoms with Crippen LogP contribution >= 0.6 is 0 Å². The van der Waals surface area contributed by atoms with E-state index in [1.807, 2.05) is 0 Å². The van der Waals surface area contributed by atoms with Crippen LogP contribution in [0.1, 0.15) is 44.5 Å². The Morgan fingerprint density at radius 2 is 0.506 bits per heavy atom. The molecule has 0 fully saturated rings. The maximum atomic E-state index is 2.47. The van der Waals surface area contributed by atoms with E-state index >= 15 is 0 Å². The SMILES string of the molecule is c1ccc(C2(c3ccccc3)c3ccccc3-c3ccc(-c4ccc(N(c5ccc(-c6cccc(-c7cccc(-c8ccc9ccccc9c8)c7)c6)cc5)c5ccc6c(c5)C(c5ccccc5)(c5ccccc5)c5ccccc5-6)cc4)cc32)cc1. The summed E-state index contributed by atoms with van der Waals surface area (Å²) in [5.74, 6) is 0. The predicted octanol–water partition coefficient (Wildman–Crippen LogP) is 21.7. The first-order valence-electron chi connectivity index (χ1n) is 29.5. The van der Waals surface area contributed by atoms with E-state index in [0.29, 0.717) is 0 Å². The summed E-state index contributed by atoms with van der Waals surface area (Å²) < 4.78 is 0. The lowest BCUT2D eigenvalue weighted by molar-refractivity contribution is 0.768. The van der Waals surface area contributed by atoms with Gasteiger partial charge in [-0.05, 0) is 183 Å². The van der Waals surface area contributed by atoms with E-state index in [4.69, 9.17) is 0 Å². The average molecular weight is 1080 g/mol. The summed E-state index contributed by atoms with van der Waals surface area (Å²) in [5.41, 5.74) is 26.9. The van der Waals surface area contributed by atoms with Crippen molar-refractivity contribution in [2.24, 2.45) is 0 Å². The molecule has 0 N–H and O–H groups in total. The minimum atomic E-state index is -0.550. The largest absolute Gasteiger partial charge is 0.310 e.